The molecule has 0 rings (SSSR count). The summed E-state index contributed by atoms with van der Waals surface area (Å²) in [6.07, 6.45) is 1.91. The number of rotatable bonds is 4. The van der Waals surface area contributed by atoms with Gasteiger partial charge in [0.05, 0.1) is 0 Å². The highest BCUT2D eigenvalue weighted by atomic mass is 35.5. The third-order valence-electron chi connectivity index (χ3n) is 1.19. The lowest BCUT2D eigenvalue weighted by atomic mass is 10.3. The Morgan fingerprint density at radius 2 is 2.08 bits per heavy atom. The summed E-state index contributed by atoms with van der Waals surface area (Å²) in [5.74, 6) is -0.674. The highest BCUT2D eigenvalue weighted by molar-refractivity contribution is 6.28. The van der Waals surface area contributed by atoms with Gasteiger partial charge in [-0.25, -0.2) is 4.79 Å². The largest absolute Gasteiger partial charge is 0.338 e. The fourth-order valence-corrected chi connectivity index (χ4v) is 0.650. The zero-order valence-electron chi connectivity index (χ0n) is 7.02. The first-order valence-corrected chi connectivity index (χ1v) is 4.37. The Morgan fingerprint density at radius 1 is 1.42 bits per heavy atom. The minimum Gasteiger partial charge on any atom is -0.338 e. The van der Waals surface area contributed by atoms with Gasteiger partial charge < -0.3 is 5.32 Å². The van der Waals surface area contributed by atoms with Crippen LogP contribution in [0.4, 0.5) is 4.79 Å². The first kappa shape index (κ1) is 11.2. The van der Waals surface area contributed by atoms with Gasteiger partial charge in [0.1, 0.15) is 5.88 Å². The van der Waals surface area contributed by atoms with Crippen molar-refractivity contribution in [3.63, 3.8) is 0 Å². The van der Waals surface area contributed by atoms with E-state index in [1.807, 2.05) is 6.92 Å². The van der Waals surface area contributed by atoms with Gasteiger partial charge in [-0.05, 0) is 6.42 Å². The van der Waals surface area contributed by atoms with Crippen LogP contribution in [0, 0.1) is 0 Å². The minimum absolute atomic E-state index is 0.193. The highest BCUT2D eigenvalue weighted by Gasteiger charge is 2.03. The molecule has 4 nitrogen and oxygen atoms in total. The minimum atomic E-state index is -0.481. The summed E-state index contributed by atoms with van der Waals surface area (Å²) in [5, 5.41) is 4.59. The number of hydrogen-bond donors (Lipinski definition) is 2. The van der Waals surface area contributed by atoms with Gasteiger partial charge in [-0.1, -0.05) is 13.3 Å². The average Bonchev–Trinajstić information content (AvgIpc) is 2.05. The van der Waals surface area contributed by atoms with Crippen molar-refractivity contribution in [3.8, 4) is 0 Å². The van der Waals surface area contributed by atoms with Gasteiger partial charge in [0.25, 0.3) is 0 Å². The Morgan fingerprint density at radius 3 is 2.58 bits per heavy atom. The number of unbranched alkanes of at least 4 members (excludes halogenated alkanes) is 1. The summed E-state index contributed by atoms with van der Waals surface area (Å²) in [5.41, 5.74) is 0. The van der Waals surface area contributed by atoms with Crippen LogP contribution in [0.1, 0.15) is 19.8 Å². The summed E-state index contributed by atoms with van der Waals surface area (Å²) >= 11 is 5.17. The van der Waals surface area contributed by atoms with E-state index in [1.54, 1.807) is 0 Å². The smallest absolute Gasteiger partial charge is 0.321 e. The Bertz CT molecular complexity index is 161. The Balaban J connectivity index is 3.40. The van der Waals surface area contributed by atoms with E-state index in [0.717, 1.165) is 12.8 Å². The van der Waals surface area contributed by atoms with Crippen LogP contribution in [0.25, 0.3) is 0 Å². The number of alkyl halides is 1. The summed E-state index contributed by atoms with van der Waals surface area (Å²) in [6.45, 7) is 2.60. The number of urea groups is 1. The molecule has 2 N–H and O–H groups in total. The molecule has 0 aromatic rings. The maximum atomic E-state index is 10.8. The van der Waals surface area contributed by atoms with Crippen molar-refractivity contribution in [2.75, 3.05) is 12.4 Å². The number of carbonyl (C=O) groups is 2. The van der Waals surface area contributed by atoms with Gasteiger partial charge in [-0.3, -0.25) is 10.1 Å². The van der Waals surface area contributed by atoms with Crippen LogP contribution in [-0.2, 0) is 4.79 Å². The third-order valence-corrected chi connectivity index (χ3v) is 1.43. The number of carbonyl (C=O) groups excluding carboxylic acids is 2. The molecule has 3 amide bonds. The molecule has 0 aliphatic rings. The maximum absolute atomic E-state index is 10.8. The van der Waals surface area contributed by atoms with Gasteiger partial charge in [-0.2, -0.15) is 0 Å². The lowest BCUT2D eigenvalue weighted by Gasteiger charge is -2.03. The van der Waals surface area contributed by atoms with Gasteiger partial charge in [0, 0.05) is 6.54 Å². The van der Waals surface area contributed by atoms with Crippen LogP contribution in [0.2, 0.25) is 0 Å². The molecule has 12 heavy (non-hydrogen) atoms. The van der Waals surface area contributed by atoms with Crippen LogP contribution in [0.3, 0.4) is 0 Å². The van der Waals surface area contributed by atoms with Gasteiger partial charge >= 0.3 is 6.03 Å². The predicted octanol–water partition coefficient (Wildman–Crippen LogP) is 0.851. The number of imide groups is 1. The molecule has 0 aromatic heterocycles. The molecule has 0 atom stereocenters. The number of hydrogen-bond acceptors (Lipinski definition) is 2. The first-order valence-electron chi connectivity index (χ1n) is 3.84. The quantitative estimate of drug-likeness (QED) is 0.513. The van der Waals surface area contributed by atoms with Gasteiger partial charge in [0.2, 0.25) is 5.91 Å². The molecule has 0 aliphatic carbocycles. The number of nitrogens with one attached hydrogen (secondary N) is 2. The molecule has 0 spiro atoms. The monoisotopic (exact) mass is 192 g/mol. The highest BCUT2D eigenvalue weighted by Crippen LogP contribution is 1.82. The third kappa shape index (κ3) is 5.97. The molecule has 0 radical (unpaired) electrons. The zero-order valence-corrected chi connectivity index (χ0v) is 7.78. The number of amides is 3. The second-order valence-corrected chi connectivity index (χ2v) is 2.56. The second-order valence-electron chi connectivity index (χ2n) is 2.29. The fraction of sp³-hybridized carbons (Fsp3) is 0.714. The van der Waals surface area contributed by atoms with Crippen molar-refractivity contribution in [2.24, 2.45) is 0 Å². The summed E-state index contributed by atoms with van der Waals surface area (Å²) < 4.78 is 0. The predicted molar refractivity (Wildman–Crippen MR) is 47.2 cm³/mol. The average molecular weight is 193 g/mol. The van der Waals surface area contributed by atoms with Crippen molar-refractivity contribution in [2.45, 2.75) is 19.8 Å². The van der Waals surface area contributed by atoms with E-state index in [1.165, 1.54) is 0 Å². The normalized spacial score (nSPS) is 9.17. The van der Waals surface area contributed by atoms with Gasteiger partial charge in [0.15, 0.2) is 0 Å². The molecule has 0 bridgehead atoms. The van der Waals surface area contributed by atoms with E-state index in [2.05, 4.69) is 10.6 Å². The van der Waals surface area contributed by atoms with Crippen LogP contribution in [0.15, 0.2) is 0 Å². The van der Waals surface area contributed by atoms with Crippen molar-refractivity contribution in [1.82, 2.24) is 10.6 Å². The molecule has 0 aliphatic heterocycles. The van der Waals surface area contributed by atoms with E-state index < -0.39 is 11.9 Å². The second kappa shape index (κ2) is 6.91. The molecule has 0 saturated heterocycles. The molecule has 0 fully saturated rings. The summed E-state index contributed by atoms with van der Waals surface area (Å²) in [7, 11) is 0. The molecule has 0 aromatic carbocycles. The molecular formula is C7H13ClN2O2. The van der Waals surface area contributed by atoms with Crippen molar-refractivity contribution < 1.29 is 9.59 Å². The van der Waals surface area contributed by atoms with Crippen molar-refractivity contribution >= 4 is 23.5 Å². The topological polar surface area (TPSA) is 58.2 Å². The molecule has 0 saturated carbocycles. The fourth-order valence-electron chi connectivity index (χ4n) is 0.583. The van der Waals surface area contributed by atoms with Crippen LogP contribution in [-0.4, -0.2) is 24.4 Å². The summed E-state index contributed by atoms with van der Waals surface area (Å²) in [6, 6.07) is -0.478. The molecule has 70 valence electrons. The molecule has 5 heteroatoms. The van der Waals surface area contributed by atoms with Crippen molar-refractivity contribution in [3.05, 3.63) is 0 Å². The Hall–Kier alpha value is -0.770. The molecular weight excluding hydrogens is 180 g/mol. The Labute approximate surface area is 76.7 Å². The van der Waals surface area contributed by atoms with E-state index in [-0.39, 0.29) is 5.88 Å². The van der Waals surface area contributed by atoms with Crippen LogP contribution >= 0.6 is 11.6 Å². The lowest BCUT2D eigenvalue weighted by molar-refractivity contribution is -0.117. The van der Waals surface area contributed by atoms with Gasteiger partial charge in [-0.15, -0.1) is 11.6 Å². The van der Waals surface area contributed by atoms with Crippen molar-refractivity contribution in [1.29, 1.82) is 0 Å². The van der Waals surface area contributed by atoms with Crippen LogP contribution in [0.5, 0.6) is 0 Å². The van der Waals surface area contributed by atoms with E-state index >= 15 is 0 Å². The Kier molecular flexibility index (Phi) is 6.47. The SMILES string of the molecule is CCCCNC(=O)NC(=O)CCl. The van der Waals surface area contributed by atoms with E-state index in [9.17, 15) is 9.59 Å². The van der Waals surface area contributed by atoms with Crippen LogP contribution < -0.4 is 10.6 Å². The lowest BCUT2D eigenvalue weighted by Crippen LogP contribution is -2.40. The molecule has 0 unspecified atom stereocenters. The standard InChI is InChI=1S/C7H13ClN2O2/c1-2-3-4-9-7(12)10-6(11)5-8/h2-5H2,1H3,(H2,9,10,11,12). The molecule has 0 heterocycles. The number of halogens is 1. The summed E-state index contributed by atoms with van der Waals surface area (Å²) in [4.78, 5) is 21.3. The first-order chi connectivity index (χ1) is 5.70. The van der Waals surface area contributed by atoms with E-state index in [0.29, 0.717) is 6.54 Å². The maximum Gasteiger partial charge on any atom is 0.321 e. The zero-order chi connectivity index (χ0) is 9.40. The van der Waals surface area contributed by atoms with E-state index in [4.69, 9.17) is 11.6 Å².